The smallest absolute Gasteiger partial charge is 0.434 e. The number of nitrogen functional groups attached to an aromatic ring is 1. The number of urea groups is 1. The third-order valence-corrected chi connectivity index (χ3v) is 13.7. The van der Waals surface area contributed by atoms with E-state index in [1.807, 2.05) is 11.8 Å². The highest BCUT2D eigenvalue weighted by molar-refractivity contribution is 8.00. The number of halogens is 2. The molecule has 61 heavy (non-hydrogen) atoms. The Morgan fingerprint density at radius 3 is 2.18 bits per heavy atom. The van der Waals surface area contributed by atoms with E-state index in [0.717, 1.165) is 88.6 Å². The van der Waals surface area contributed by atoms with Gasteiger partial charge >= 0.3 is 23.8 Å². The third-order valence-electron chi connectivity index (χ3n) is 11.8. The van der Waals surface area contributed by atoms with Crippen LogP contribution in [0.15, 0.2) is 17.1 Å². The van der Waals surface area contributed by atoms with Gasteiger partial charge in [0.05, 0.1) is 17.7 Å². The molecule has 18 nitrogen and oxygen atoms in total. The van der Waals surface area contributed by atoms with Crippen molar-refractivity contribution in [2.45, 2.75) is 144 Å². The fourth-order valence-electron chi connectivity index (χ4n) is 7.91. The first-order valence-electron chi connectivity index (χ1n) is 21.6. The number of hydrogen-bond acceptors (Lipinski definition) is 14. The number of alkyl halides is 2. The number of nitrogens with one attached hydrogen (secondary N) is 4. The van der Waals surface area contributed by atoms with E-state index in [0.29, 0.717) is 68.3 Å². The van der Waals surface area contributed by atoms with Gasteiger partial charge in [0.25, 0.3) is 0 Å². The molecule has 9 N–H and O–H groups in total. The lowest BCUT2D eigenvalue weighted by molar-refractivity contribution is -0.141. The Labute approximate surface area is 360 Å². The van der Waals surface area contributed by atoms with Gasteiger partial charge < -0.3 is 52.1 Å². The number of carbonyl (C=O) groups excluding carboxylic acids is 4. The average Bonchev–Trinajstić information content (AvgIpc) is 3.68. The first-order valence-corrected chi connectivity index (χ1v) is 22.7. The average molecular weight is 888 g/mol. The number of fused-ring (bicyclic) bond motifs is 1. The van der Waals surface area contributed by atoms with Crippen molar-refractivity contribution in [1.29, 1.82) is 0 Å². The van der Waals surface area contributed by atoms with Gasteiger partial charge in [-0.1, -0.05) is 51.4 Å². The molecule has 0 spiro atoms. The standard InChI is InChI=1S/C40H67F2N9O9S/c1-38-27-61-29(39(38,2)49-35(55)48-38)14-11-12-16-32(53)46-20-24-50(22-18-43)23-19-45-31(52)15-10-8-6-4-3-5-7-9-13-25-58-37(57)59-26-28-33(54)40(41,42)34(60-28)51-21-17-30(44)47-36(51)56/h17,21,28-29,33-34,54H,3-16,18-20,22-27,43H2,1-2H3,(H,45,52)(H,46,53)(H2,44,47,56)(H2,48,49,55)/t28-,29?,33?,34-,38-,39+/m1/s1. The summed E-state index contributed by atoms with van der Waals surface area (Å²) >= 11 is 1.88. The van der Waals surface area contributed by atoms with Crippen molar-refractivity contribution in [2.75, 3.05) is 64.0 Å². The molecule has 0 radical (unpaired) electrons. The van der Waals surface area contributed by atoms with Gasteiger partial charge in [-0.25, -0.2) is 14.4 Å². The highest BCUT2D eigenvalue weighted by atomic mass is 32.2. The summed E-state index contributed by atoms with van der Waals surface area (Å²) in [4.78, 5) is 66.3. The summed E-state index contributed by atoms with van der Waals surface area (Å²) in [6.45, 7) is 7.09. The molecule has 4 rings (SSSR count). The van der Waals surface area contributed by atoms with Crippen LogP contribution in [0.1, 0.15) is 110 Å². The second-order valence-electron chi connectivity index (χ2n) is 16.5. The lowest BCUT2D eigenvalue weighted by Crippen LogP contribution is -2.58. The van der Waals surface area contributed by atoms with Crippen LogP contribution in [0.4, 0.5) is 24.2 Å². The maximum Gasteiger partial charge on any atom is 0.508 e. The first kappa shape index (κ1) is 49.9. The molecule has 1 aromatic rings. The summed E-state index contributed by atoms with van der Waals surface area (Å²) in [7, 11) is 0. The number of thioether (sulfide) groups is 1. The van der Waals surface area contributed by atoms with Crippen molar-refractivity contribution in [3.05, 3.63) is 22.7 Å². The summed E-state index contributed by atoms with van der Waals surface area (Å²) in [5, 5.41) is 22.6. The maximum atomic E-state index is 14.6. The molecule has 4 amide bonds. The van der Waals surface area contributed by atoms with E-state index < -0.39 is 42.8 Å². The number of amides is 4. The molecule has 2 unspecified atom stereocenters. The normalized spacial score (nSPS) is 25.2. The summed E-state index contributed by atoms with van der Waals surface area (Å²) in [6, 6.07) is 1.04. The van der Waals surface area contributed by atoms with Gasteiger partial charge in [-0.3, -0.25) is 19.1 Å². The van der Waals surface area contributed by atoms with Crippen LogP contribution in [0.3, 0.4) is 0 Å². The quantitative estimate of drug-likeness (QED) is 0.0363. The molecule has 1 aromatic heterocycles. The Morgan fingerprint density at radius 1 is 0.951 bits per heavy atom. The number of carbonyl (C=O) groups is 4. The molecular formula is C40H67F2N9O9S. The number of hydrogen-bond donors (Lipinski definition) is 7. The number of aliphatic hydroxyl groups excluding tert-OH is 1. The minimum atomic E-state index is -3.85. The maximum absolute atomic E-state index is 14.6. The fourth-order valence-corrected chi connectivity index (χ4v) is 9.81. The zero-order valence-corrected chi connectivity index (χ0v) is 36.4. The van der Waals surface area contributed by atoms with Gasteiger partial charge in [-0.05, 0) is 45.6 Å². The Kier molecular flexibility index (Phi) is 19.7. The molecule has 0 aromatic carbocycles. The predicted molar refractivity (Wildman–Crippen MR) is 226 cm³/mol. The number of aromatic nitrogens is 2. The monoisotopic (exact) mass is 887 g/mol. The molecule has 3 fully saturated rings. The number of anilines is 1. The fraction of sp³-hybridized carbons (Fsp3) is 0.800. The number of nitrogens with two attached hydrogens (primary N) is 2. The van der Waals surface area contributed by atoms with E-state index in [1.54, 1.807) is 0 Å². The topological polar surface area (TPSA) is 254 Å². The molecule has 346 valence electrons. The summed E-state index contributed by atoms with van der Waals surface area (Å²) in [5.74, 6) is -3.08. The largest absolute Gasteiger partial charge is 0.508 e. The Bertz CT molecular complexity index is 1650. The summed E-state index contributed by atoms with van der Waals surface area (Å²) < 4.78 is 44.8. The highest BCUT2D eigenvalue weighted by Gasteiger charge is 2.61. The minimum Gasteiger partial charge on any atom is -0.434 e. The third kappa shape index (κ3) is 14.6. The minimum absolute atomic E-state index is 0.0260. The van der Waals surface area contributed by atoms with E-state index in [2.05, 4.69) is 45.0 Å². The van der Waals surface area contributed by atoms with Crippen molar-refractivity contribution < 1.29 is 47.3 Å². The molecule has 3 aliphatic rings. The number of aliphatic hydroxyl groups is 1. The van der Waals surface area contributed by atoms with Crippen molar-refractivity contribution in [1.82, 2.24) is 35.7 Å². The Hall–Kier alpha value is -3.79. The van der Waals surface area contributed by atoms with Crippen LogP contribution in [-0.2, 0) is 23.8 Å². The zero-order valence-electron chi connectivity index (χ0n) is 35.6. The van der Waals surface area contributed by atoms with Gasteiger partial charge in [0, 0.05) is 69.3 Å². The molecule has 0 saturated carbocycles. The van der Waals surface area contributed by atoms with E-state index in [1.165, 1.54) is 0 Å². The van der Waals surface area contributed by atoms with Gasteiger partial charge in [0.2, 0.25) is 18.0 Å². The second-order valence-corrected chi connectivity index (χ2v) is 17.7. The molecule has 6 atom stereocenters. The summed E-state index contributed by atoms with van der Waals surface area (Å²) in [6.07, 6.45) is 5.77. The first-order chi connectivity index (χ1) is 29.1. The molecule has 4 heterocycles. The van der Waals surface area contributed by atoms with Gasteiger partial charge in [0.15, 0.2) is 6.10 Å². The predicted octanol–water partition coefficient (Wildman–Crippen LogP) is 2.77. The number of rotatable bonds is 28. The Morgan fingerprint density at radius 2 is 1.56 bits per heavy atom. The molecule has 3 aliphatic heterocycles. The number of unbranched alkanes of at least 4 members (excludes halogenated alkanes) is 9. The second kappa shape index (κ2) is 24.2. The van der Waals surface area contributed by atoms with Crippen molar-refractivity contribution in [3.63, 3.8) is 0 Å². The van der Waals surface area contributed by atoms with Crippen LogP contribution in [0.5, 0.6) is 0 Å². The van der Waals surface area contributed by atoms with Crippen molar-refractivity contribution in [3.8, 4) is 0 Å². The number of ether oxygens (including phenoxy) is 3. The van der Waals surface area contributed by atoms with E-state index >= 15 is 0 Å². The van der Waals surface area contributed by atoms with Crippen LogP contribution >= 0.6 is 11.8 Å². The summed E-state index contributed by atoms with van der Waals surface area (Å²) in [5.41, 5.74) is 9.59. The van der Waals surface area contributed by atoms with Crippen LogP contribution in [0, 0.1) is 0 Å². The van der Waals surface area contributed by atoms with Gasteiger partial charge in [-0.2, -0.15) is 25.5 Å². The van der Waals surface area contributed by atoms with Crippen LogP contribution in [0.2, 0.25) is 0 Å². The lowest BCUT2D eigenvalue weighted by atomic mass is 9.79. The molecule has 3 saturated heterocycles. The SMILES string of the molecule is C[C@@]12CSC(CCCCC(=O)NCCN(CCN)CCNC(=O)CCCCCCCCCCCOC(=O)OC[C@H]3O[C@@H](n4ccc(N)nc4=O)C(F)(F)C3O)[C@]1(C)NC(=O)N2. The molecule has 0 aliphatic carbocycles. The highest BCUT2D eigenvalue weighted by Crippen LogP contribution is 2.47. The van der Waals surface area contributed by atoms with Crippen LogP contribution in [-0.4, -0.2) is 136 Å². The molecule has 21 heteroatoms. The van der Waals surface area contributed by atoms with E-state index in [4.69, 9.17) is 25.7 Å². The van der Waals surface area contributed by atoms with Crippen LogP contribution < -0.4 is 38.4 Å². The van der Waals surface area contributed by atoms with Crippen LogP contribution in [0.25, 0.3) is 0 Å². The molecule has 0 bridgehead atoms. The van der Waals surface area contributed by atoms with E-state index in [-0.39, 0.29) is 41.3 Å². The number of nitrogens with zero attached hydrogens (tertiary/aromatic N) is 3. The van der Waals surface area contributed by atoms with Gasteiger partial charge in [-0.15, -0.1) is 0 Å². The van der Waals surface area contributed by atoms with E-state index in [9.17, 15) is 37.9 Å². The Balaban J connectivity index is 0.920. The molecular weight excluding hydrogens is 821 g/mol. The van der Waals surface area contributed by atoms with Crippen molar-refractivity contribution >= 4 is 41.6 Å². The van der Waals surface area contributed by atoms with Gasteiger partial charge in [0.1, 0.15) is 18.5 Å². The zero-order chi connectivity index (χ0) is 44.5. The lowest BCUT2D eigenvalue weighted by Gasteiger charge is -2.35. The van der Waals surface area contributed by atoms with Crippen molar-refractivity contribution in [2.24, 2.45) is 5.73 Å².